The molecule has 0 unspecified atom stereocenters. The molecule has 90 heavy (non-hydrogen) atoms. The van der Waals surface area contributed by atoms with Gasteiger partial charge in [0.25, 0.3) is 6.71 Å². The van der Waals surface area contributed by atoms with Gasteiger partial charge in [-0.3, -0.25) is 0 Å². The monoisotopic (exact) mass is 1160 g/mol. The summed E-state index contributed by atoms with van der Waals surface area (Å²) in [4.78, 5) is 4.95. The van der Waals surface area contributed by atoms with Crippen molar-refractivity contribution < 1.29 is 13.2 Å². The average Bonchev–Trinajstić information content (AvgIpc) is 0.732. The third kappa shape index (κ3) is 9.02. The third-order valence-corrected chi connectivity index (χ3v) is 17.8. The molecule has 0 spiro atoms. The second-order valence-electron chi connectivity index (χ2n) is 22.9. The molecule has 0 saturated heterocycles. The molecular weight excluding hydrogens is 1110 g/mol. The lowest BCUT2D eigenvalue weighted by molar-refractivity contribution is -0.137. The second-order valence-corrected chi connectivity index (χ2v) is 22.9. The molecular formula is C81H49BF3N5. The van der Waals surface area contributed by atoms with Gasteiger partial charge in [-0.05, 0) is 181 Å². The number of halogens is 3. The fourth-order valence-electron chi connectivity index (χ4n) is 13.8. The van der Waals surface area contributed by atoms with E-state index in [9.17, 15) is 23.7 Å². The van der Waals surface area contributed by atoms with Crippen LogP contribution in [-0.2, 0) is 6.18 Å². The lowest BCUT2D eigenvalue weighted by atomic mass is 9.33. The van der Waals surface area contributed by atoms with Crippen LogP contribution < -0.4 is 26.2 Å². The highest BCUT2D eigenvalue weighted by Crippen LogP contribution is 2.50. The number of alkyl halides is 3. The van der Waals surface area contributed by atoms with Crippen molar-refractivity contribution in [3.63, 3.8) is 0 Å². The van der Waals surface area contributed by atoms with Crippen LogP contribution in [0.3, 0.4) is 0 Å². The zero-order chi connectivity index (χ0) is 60.6. The van der Waals surface area contributed by atoms with E-state index in [1.165, 1.54) is 22.5 Å². The first-order valence-corrected chi connectivity index (χ1v) is 29.9. The molecule has 14 aromatic rings. The number of nitriles is 2. The minimum Gasteiger partial charge on any atom is -0.311 e. The normalized spacial score (nSPS) is 12.3. The molecule has 2 aliphatic rings. The topological polar surface area (TPSA) is 59.0 Å². The van der Waals surface area contributed by atoms with E-state index in [0.29, 0.717) is 16.8 Å². The fraction of sp³-hybridized carbons (Fsp3) is 0.0123. The Kier molecular flexibility index (Phi) is 12.8. The van der Waals surface area contributed by atoms with Gasteiger partial charge < -0.3 is 14.4 Å². The summed E-state index contributed by atoms with van der Waals surface area (Å²) in [6.45, 7) is -0.158. The molecule has 0 bridgehead atoms. The molecule has 9 heteroatoms. The summed E-state index contributed by atoms with van der Waals surface area (Å²) in [6, 6.07) is 106. The second kappa shape index (κ2) is 21.5. The summed E-state index contributed by atoms with van der Waals surface area (Å²) in [5.41, 5.74) is 22.7. The van der Waals surface area contributed by atoms with Crippen molar-refractivity contribution in [3.8, 4) is 84.6 Å². The van der Waals surface area contributed by atoms with Crippen LogP contribution in [-0.4, -0.2) is 11.3 Å². The van der Waals surface area contributed by atoms with Gasteiger partial charge in [-0.1, -0.05) is 188 Å². The summed E-state index contributed by atoms with van der Waals surface area (Å²) in [5.74, 6) is 0. The molecule has 0 amide bonds. The number of fused-ring (bicyclic) bond motifs is 7. The fourth-order valence-corrected chi connectivity index (χ4v) is 13.8. The summed E-state index contributed by atoms with van der Waals surface area (Å²) >= 11 is 0. The Morgan fingerprint density at radius 1 is 0.322 bits per heavy atom. The van der Waals surface area contributed by atoms with Gasteiger partial charge >= 0.3 is 6.18 Å². The van der Waals surface area contributed by atoms with Crippen LogP contribution in [0, 0.1) is 22.7 Å². The van der Waals surface area contributed by atoms with Gasteiger partial charge in [0.2, 0.25) is 0 Å². The molecule has 422 valence electrons. The molecule has 1 aromatic heterocycles. The molecule has 0 saturated carbocycles. The van der Waals surface area contributed by atoms with E-state index < -0.39 is 11.7 Å². The molecule has 0 fully saturated rings. The summed E-state index contributed by atoms with van der Waals surface area (Å²) < 4.78 is 44.6. The zero-order valence-corrected chi connectivity index (χ0v) is 48.2. The van der Waals surface area contributed by atoms with Crippen LogP contribution in [0.2, 0.25) is 0 Å². The SMILES string of the molecule is N#Cc1ccc(-n2c3ccccc3c3cc(-c4cc5c6c(c4)N(c4cc(-c7ccccc7)cc(-c7ccccc7)c4)c4ccccc4B6c4ccccc4N5c4cc(-c5ccccc5)cc(-c5ccccc5)c4)ccc32)c(-c2ccc(C(F)(F)F)cc2C#N)c1. The van der Waals surface area contributed by atoms with Crippen molar-refractivity contribution in [3.05, 3.63) is 314 Å². The van der Waals surface area contributed by atoms with Gasteiger partial charge in [-0.15, -0.1) is 0 Å². The predicted molar refractivity (Wildman–Crippen MR) is 362 cm³/mol. The lowest BCUT2D eigenvalue weighted by Crippen LogP contribution is -2.61. The van der Waals surface area contributed by atoms with Gasteiger partial charge in [0.05, 0.1) is 45.5 Å². The minimum absolute atomic E-state index is 0.151. The standard InChI is InChI=1S/C81H49BF3N5/c83-81(84,85)64-35-36-67(63(42-64)51-87)69-39-52(50-86)33-37-74(69)90-73-30-16-13-27-68(73)70-47-57(34-38-75(70)90)62-48-78-80-79(49-62)89(66-45-60(55-23-9-3-10-24-55)41-61(46-66)56-25-11-4-12-26-56)77-32-18-15-29-72(77)82(80)71-28-14-17-31-76(71)88(78)65-43-58(53-19-5-1-6-20-53)40-59(44-65)54-21-7-2-8-22-54/h1-49H. The molecule has 0 atom stereocenters. The highest BCUT2D eigenvalue weighted by molar-refractivity contribution is 7.00. The predicted octanol–water partition coefficient (Wildman–Crippen LogP) is 19.6. The lowest BCUT2D eigenvalue weighted by Gasteiger charge is -2.44. The highest BCUT2D eigenvalue weighted by Gasteiger charge is 2.44. The average molecular weight is 1160 g/mol. The number of aromatic nitrogens is 1. The Bertz CT molecular complexity index is 4970. The number of rotatable bonds is 9. The number of nitrogens with zero attached hydrogens (tertiary/aromatic N) is 5. The van der Waals surface area contributed by atoms with E-state index in [-0.39, 0.29) is 17.8 Å². The highest BCUT2D eigenvalue weighted by atomic mass is 19.4. The molecule has 13 aromatic carbocycles. The Balaban J connectivity index is 0.978. The summed E-state index contributed by atoms with van der Waals surface area (Å²) in [6.07, 6.45) is -4.66. The van der Waals surface area contributed by atoms with Gasteiger partial charge in [-0.25, -0.2) is 0 Å². The van der Waals surface area contributed by atoms with Gasteiger partial charge in [0.15, 0.2) is 0 Å². The van der Waals surface area contributed by atoms with Crippen molar-refractivity contribution in [2.45, 2.75) is 6.18 Å². The summed E-state index contributed by atoms with van der Waals surface area (Å²) in [5, 5.41) is 22.6. The van der Waals surface area contributed by atoms with Crippen molar-refractivity contribution in [2.24, 2.45) is 0 Å². The third-order valence-electron chi connectivity index (χ3n) is 17.8. The van der Waals surface area contributed by atoms with E-state index in [4.69, 9.17) is 0 Å². The van der Waals surface area contributed by atoms with Crippen LogP contribution >= 0.6 is 0 Å². The van der Waals surface area contributed by atoms with E-state index >= 15 is 0 Å². The van der Waals surface area contributed by atoms with Crippen molar-refractivity contribution in [1.29, 1.82) is 10.5 Å². The number of benzene rings is 13. The van der Waals surface area contributed by atoms with E-state index in [2.05, 4.69) is 263 Å². The Labute approximate surface area is 519 Å². The number of anilines is 6. The molecule has 3 heterocycles. The molecule has 0 N–H and O–H groups in total. The maximum absolute atomic E-state index is 14.2. The molecule has 0 radical (unpaired) electrons. The zero-order valence-electron chi connectivity index (χ0n) is 48.2. The van der Waals surface area contributed by atoms with Crippen LogP contribution in [0.4, 0.5) is 47.3 Å². The molecule has 0 aliphatic carbocycles. The molecule has 2 aliphatic heterocycles. The first-order valence-electron chi connectivity index (χ1n) is 29.9. The number of hydrogen-bond donors (Lipinski definition) is 0. The van der Waals surface area contributed by atoms with Crippen LogP contribution in [0.25, 0.3) is 94.3 Å². The Hall–Kier alpha value is -11.9. The van der Waals surface area contributed by atoms with E-state index in [0.717, 1.165) is 124 Å². The first kappa shape index (κ1) is 53.6. The number of para-hydroxylation sites is 3. The van der Waals surface area contributed by atoms with E-state index in [1.54, 1.807) is 12.1 Å². The maximum atomic E-state index is 14.2. The van der Waals surface area contributed by atoms with Crippen LogP contribution in [0.1, 0.15) is 16.7 Å². The first-order chi connectivity index (χ1) is 44.2. The van der Waals surface area contributed by atoms with Gasteiger partial charge in [-0.2, -0.15) is 23.7 Å². The van der Waals surface area contributed by atoms with Gasteiger partial charge in [0, 0.05) is 56.0 Å². The Morgan fingerprint density at radius 3 is 1.29 bits per heavy atom. The molecule has 16 rings (SSSR count). The van der Waals surface area contributed by atoms with Gasteiger partial charge in [0.1, 0.15) is 0 Å². The van der Waals surface area contributed by atoms with Crippen molar-refractivity contribution in [1.82, 2.24) is 4.57 Å². The van der Waals surface area contributed by atoms with Crippen molar-refractivity contribution in [2.75, 3.05) is 9.80 Å². The quantitative estimate of drug-likeness (QED) is 0.135. The largest absolute Gasteiger partial charge is 0.416 e. The van der Waals surface area contributed by atoms with E-state index in [1.807, 2.05) is 30.3 Å². The Morgan fingerprint density at radius 2 is 0.789 bits per heavy atom. The minimum atomic E-state index is -4.66. The molecule has 5 nitrogen and oxygen atoms in total. The number of hydrogen-bond acceptors (Lipinski definition) is 4. The van der Waals surface area contributed by atoms with Crippen LogP contribution in [0.15, 0.2) is 297 Å². The van der Waals surface area contributed by atoms with Crippen LogP contribution in [0.5, 0.6) is 0 Å². The smallest absolute Gasteiger partial charge is 0.311 e. The summed E-state index contributed by atoms with van der Waals surface area (Å²) in [7, 11) is 0. The van der Waals surface area contributed by atoms with Crippen molar-refractivity contribution >= 4 is 79.0 Å². The maximum Gasteiger partial charge on any atom is 0.416 e.